The van der Waals surface area contributed by atoms with Gasteiger partial charge >= 0.3 is 20.0 Å². The molecule has 5 rings (SSSR count). The molecule has 9 heteroatoms. The van der Waals surface area contributed by atoms with Crippen LogP contribution in [0.25, 0.3) is 21.5 Å². The van der Waals surface area contributed by atoms with Crippen LogP contribution in [0.5, 0.6) is 0 Å². The summed E-state index contributed by atoms with van der Waals surface area (Å²) in [4.78, 5) is 0. The molecule has 0 aliphatic heterocycles. The van der Waals surface area contributed by atoms with Gasteiger partial charge in [-0.2, -0.15) is 13.2 Å². The van der Waals surface area contributed by atoms with Crippen molar-refractivity contribution >= 4 is 57.2 Å². The van der Waals surface area contributed by atoms with Gasteiger partial charge in [-0.1, -0.05) is 103 Å². The summed E-state index contributed by atoms with van der Waals surface area (Å²) in [6.07, 6.45) is -4.43. The number of halogens is 3. The van der Waals surface area contributed by atoms with Crippen molar-refractivity contribution in [3.63, 3.8) is 0 Å². The number of rotatable bonds is 8. The van der Waals surface area contributed by atoms with Gasteiger partial charge in [0.25, 0.3) is 0 Å². The van der Waals surface area contributed by atoms with Crippen LogP contribution in [0.15, 0.2) is 97.1 Å². The van der Waals surface area contributed by atoms with E-state index in [1.54, 1.807) is 0 Å². The van der Waals surface area contributed by atoms with Gasteiger partial charge in [-0.15, -0.1) is 0 Å². The van der Waals surface area contributed by atoms with Gasteiger partial charge in [-0.3, -0.25) is 0 Å². The Kier molecular flexibility index (Phi) is 7.77. The van der Waals surface area contributed by atoms with Crippen LogP contribution in [0.1, 0.15) is 11.1 Å². The van der Waals surface area contributed by atoms with Crippen LogP contribution in [0.3, 0.4) is 0 Å². The molecular formula is C30H27B2F3N2O2. The molecular weight excluding hydrogens is 499 g/mol. The number of nitrogens with two attached hydrogens (primary N) is 2. The molecule has 0 aromatic heterocycles. The van der Waals surface area contributed by atoms with Crippen molar-refractivity contribution in [3.05, 3.63) is 108 Å². The Bertz CT molecular complexity index is 1540. The molecule has 5 aromatic rings. The Morgan fingerprint density at radius 1 is 0.667 bits per heavy atom. The zero-order chi connectivity index (χ0) is 27.6. The highest BCUT2D eigenvalue weighted by molar-refractivity contribution is 6.87. The van der Waals surface area contributed by atoms with E-state index in [-0.39, 0.29) is 13.2 Å². The predicted molar refractivity (Wildman–Crippen MR) is 154 cm³/mol. The van der Waals surface area contributed by atoms with Crippen molar-refractivity contribution in [2.24, 2.45) is 11.6 Å². The van der Waals surface area contributed by atoms with Crippen molar-refractivity contribution < 1.29 is 22.6 Å². The molecule has 39 heavy (non-hydrogen) atoms. The summed E-state index contributed by atoms with van der Waals surface area (Å²) >= 11 is 0. The molecule has 0 unspecified atom stereocenters. The smallest absolute Gasteiger partial charge is 0.416 e. The van der Waals surface area contributed by atoms with Crippen LogP contribution in [0, 0.1) is 6.92 Å². The van der Waals surface area contributed by atoms with E-state index in [9.17, 15) is 13.2 Å². The third kappa shape index (κ3) is 5.31. The maximum absolute atomic E-state index is 13.3. The van der Waals surface area contributed by atoms with Crippen LogP contribution >= 0.6 is 0 Å². The number of benzene rings is 5. The fourth-order valence-corrected chi connectivity index (χ4v) is 5.19. The van der Waals surface area contributed by atoms with E-state index in [1.165, 1.54) is 12.1 Å². The second-order valence-corrected chi connectivity index (χ2v) is 9.50. The maximum atomic E-state index is 13.3. The highest BCUT2D eigenvalue weighted by Gasteiger charge is 2.34. The summed E-state index contributed by atoms with van der Waals surface area (Å²) < 4.78 is 51.8. The summed E-state index contributed by atoms with van der Waals surface area (Å²) in [6, 6.07) is 28.9. The molecule has 0 saturated carbocycles. The number of fused-ring (bicyclic) bond motifs is 2. The first-order valence-corrected chi connectivity index (χ1v) is 12.7. The number of aryl methyl sites for hydroxylation is 1. The lowest BCUT2D eigenvalue weighted by molar-refractivity contribution is -0.137. The van der Waals surface area contributed by atoms with Gasteiger partial charge in [-0.25, -0.2) is 5.90 Å². The first-order chi connectivity index (χ1) is 18.8. The lowest BCUT2D eigenvalue weighted by Crippen LogP contribution is -2.50. The van der Waals surface area contributed by atoms with Crippen LogP contribution < -0.4 is 33.5 Å². The van der Waals surface area contributed by atoms with Crippen molar-refractivity contribution in [3.8, 4) is 0 Å². The Morgan fingerprint density at radius 3 is 1.54 bits per heavy atom. The van der Waals surface area contributed by atoms with E-state index < -0.39 is 25.6 Å². The Balaban J connectivity index is 1.79. The summed E-state index contributed by atoms with van der Waals surface area (Å²) in [5.74, 6) is 5.93. The number of alkyl halides is 3. The van der Waals surface area contributed by atoms with Gasteiger partial charge in [0.05, 0.1) is 5.56 Å². The molecule has 4 N–H and O–H groups in total. The average molecular weight is 526 g/mol. The molecule has 0 heterocycles. The summed E-state index contributed by atoms with van der Waals surface area (Å²) in [5.41, 5.74) is 9.46. The minimum Gasteiger partial charge on any atom is -0.426 e. The van der Waals surface area contributed by atoms with Gasteiger partial charge in [0, 0.05) is 13.2 Å². The van der Waals surface area contributed by atoms with E-state index in [0.29, 0.717) is 5.46 Å². The molecule has 0 bridgehead atoms. The minimum atomic E-state index is -4.43. The molecule has 196 valence electrons. The number of hydrogen-bond donors (Lipinski definition) is 2. The topological polar surface area (TPSA) is 70.5 Å². The van der Waals surface area contributed by atoms with Crippen LogP contribution in [-0.4, -0.2) is 27.0 Å². The molecule has 0 fully saturated rings. The normalized spacial score (nSPS) is 11.7. The van der Waals surface area contributed by atoms with Crippen LogP contribution in [0.4, 0.5) is 13.2 Å². The van der Waals surface area contributed by atoms with E-state index in [4.69, 9.17) is 21.0 Å². The summed E-state index contributed by atoms with van der Waals surface area (Å²) in [7, 11) is 0. The van der Waals surface area contributed by atoms with Gasteiger partial charge in [0.15, 0.2) is 0 Å². The summed E-state index contributed by atoms with van der Waals surface area (Å²) in [6.45, 7) is 1.31. The van der Waals surface area contributed by atoms with Gasteiger partial charge in [0.1, 0.15) is 0 Å². The molecule has 0 radical (unpaired) electrons. The van der Waals surface area contributed by atoms with Crippen molar-refractivity contribution in [2.75, 3.05) is 13.2 Å². The Morgan fingerprint density at radius 2 is 1.10 bits per heavy atom. The van der Waals surface area contributed by atoms with Crippen LogP contribution in [-0.2, 0) is 15.6 Å². The second-order valence-electron chi connectivity index (χ2n) is 9.50. The minimum absolute atomic E-state index is 0.230. The molecule has 4 nitrogen and oxygen atoms in total. The fourth-order valence-electron chi connectivity index (χ4n) is 5.19. The van der Waals surface area contributed by atoms with Crippen molar-refractivity contribution in [2.45, 2.75) is 13.1 Å². The second kappa shape index (κ2) is 11.2. The lowest BCUT2D eigenvalue weighted by Gasteiger charge is -2.24. The van der Waals surface area contributed by atoms with Crippen molar-refractivity contribution in [1.82, 2.24) is 0 Å². The first kappa shape index (κ1) is 27.0. The highest BCUT2D eigenvalue weighted by Crippen LogP contribution is 2.28. The standard InChI is InChI=1S/C30H27B2F3N2O2/c1-20-10-14-23(15-11-20)32(39-37)29-26-8-4-2-6-24(26)28(25-7-3-5-9-27(25)29)31(38-19-18-36)22-16-12-21(13-17-22)30(33,34)35/h2-17H,18-19,36-37H2,1H3. The first-order valence-electron chi connectivity index (χ1n) is 12.7. The zero-order valence-electron chi connectivity index (χ0n) is 21.4. The van der Waals surface area contributed by atoms with E-state index in [2.05, 4.69) is 0 Å². The SMILES string of the molecule is Cc1ccc(B(ON)c2c3ccccc3c(B(OCCN)c3ccc(C(F)(F)F)cc3)c3ccccc23)cc1. The van der Waals surface area contributed by atoms with E-state index in [0.717, 1.165) is 55.6 Å². The third-order valence-corrected chi connectivity index (χ3v) is 7.00. The quantitative estimate of drug-likeness (QED) is 0.185. The molecule has 0 saturated heterocycles. The largest absolute Gasteiger partial charge is 0.426 e. The zero-order valence-corrected chi connectivity index (χ0v) is 21.4. The molecule has 5 aromatic carbocycles. The van der Waals surface area contributed by atoms with Gasteiger partial charge in [0.2, 0.25) is 0 Å². The molecule has 0 aliphatic carbocycles. The highest BCUT2D eigenvalue weighted by atomic mass is 19.4. The maximum Gasteiger partial charge on any atom is 0.416 e. The Hall–Kier alpha value is -3.62. The Labute approximate surface area is 225 Å². The summed E-state index contributed by atoms with van der Waals surface area (Å²) in [5, 5.41) is 3.61. The molecule has 0 atom stereocenters. The molecule has 0 aliphatic rings. The fraction of sp³-hybridized carbons (Fsp3) is 0.133. The van der Waals surface area contributed by atoms with E-state index in [1.807, 2.05) is 79.7 Å². The monoisotopic (exact) mass is 526 g/mol. The van der Waals surface area contributed by atoms with Crippen LogP contribution in [0.2, 0.25) is 0 Å². The predicted octanol–water partition coefficient (Wildman–Crippen LogP) is 3.40. The van der Waals surface area contributed by atoms with Crippen molar-refractivity contribution in [1.29, 1.82) is 0 Å². The van der Waals surface area contributed by atoms with Gasteiger partial charge < -0.3 is 15.1 Å². The number of hydrogen-bond acceptors (Lipinski definition) is 4. The van der Waals surface area contributed by atoms with E-state index >= 15 is 0 Å². The lowest BCUT2D eigenvalue weighted by atomic mass is 9.49. The molecule has 0 spiro atoms. The third-order valence-electron chi connectivity index (χ3n) is 7.00. The molecule has 0 amide bonds. The van der Waals surface area contributed by atoms with Gasteiger partial charge in [-0.05, 0) is 50.3 Å². The average Bonchev–Trinajstić information content (AvgIpc) is 2.95.